The lowest BCUT2D eigenvalue weighted by molar-refractivity contribution is -0.00675. The summed E-state index contributed by atoms with van der Waals surface area (Å²) in [6, 6.07) is 0.656. The summed E-state index contributed by atoms with van der Waals surface area (Å²) in [5, 5.41) is 8.23. The van der Waals surface area contributed by atoms with Gasteiger partial charge in [-0.2, -0.15) is 0 Å². The van der Waals surface area contributed by atoms with Crippen molar-refractivity contribution in [1.29, 1.82) is 0 Å². The van der Waals surface area contributed by atoms with Crippen molar-refractivity contribution >= 4 is 6.01 Å². The van der Waals surface area contributed by atoms with Crippen LogP contribution < -0.4 is 4.90 Å². The second-order valence-corrected chi connectivity index (χ2v) is 4.86. The standard InChI is InChI=1S/C11H17N3O2/c1-7-5-14(6-8(2)15-7)11-13-12-10(16-11)9-3-4-9/h7-9H,3-6H2,1-2H3/t7-,8+. The van der Waals surface area contributed by atoms with Gasteiger partial charge in [0.25, 0.3) is 0 Å². The van der Waals surface area contributed by atoms with E-state index in [0.717, 1.165) is 19.0 Å². The molecule has 3 rings (SSSR count). The van der Waals surface area contributed by atoms with Crippen molar-refractivity contribution in [3.05, 3.63) is 5.89 Å². The third kappa shape index (κ3) is 1.91. The van der Waals surface area contributed by atoms with Crippen molar-refractivity contribution in [2.45, 2.75) is 44.8 Å². The maximum Gasteiger partial charge on any atom is 0.318 e. The van der Waals surface area contributed by atoms with E-state index in [2.05, 4.69) is 28.9 Å². The molecule has 0 unspecified atom stereocenters. The fraction of sp³-hybridized carbons (Fsp3) is 0.818. The Morgan fingerprint density at radius 2 is 1.81 bits per heavy atom. The van der Waals surface area contributed by atoms with E-state index < -0.39 is 0 Å². The van der Waals surface area contributed by atoms with E-state index in [0.29, 0.717) is 11.9 Å². The highest BCUT2D eigenvalue weighted by Crippen LogP contribution is 2.39. The molecule has 0 N–H and O–H groups in total. The molecule has 1 aromatic rings. The monoisotopic (exact) mass is 223 g/mol. The van der Waals surface area contributed by atoms with Gasteiger partial charge in [0, 0.05) is 19.0 Å². The van der Waals surface area contributed by atoms with Gasteiger partial charge in [-0.3, -0.25) is 0 Å². The highest BCUT2D eigenvalue weighted by Gasteiger charge is 2.31. The molecule has 5 nitrogen and oxygen atoms in total. The first-order valence-electron chi connectivity index (χ1n) is 5.96. The highest BCUT2D eigenvalue weighted by molar-refractivity contribution is 5.26. The molecule has 2 heterocycles. The Bertz CT molecular complexity index is 365. The minimum atomic E-state index is 0.222. The summed E-state index contributed by atoms with van der Waals surface area (Å²) in [6.45, 7) is 5.80. The molecular formula is C11H17N3O2. The molecule has 0 spiro atoms. The third-order valence-corrected chi connectivity index (χ3v) is 3.05. The second kappa shape index (κ2) is 3.73. The van der Waals surface area contributed by atoms with Crippen LogP contribution in [0, 0.1) is 0 Å². The van der Waals surface area contributed by atoms with Gasteiger partial charge in [0.1, 0.15) is 0 Å². The Labute approximate surface area is 94.8 Å². The molecule has 0 radical (unpaired) electrons. The number of rotatable bonds is 2. The largest absolute Gasteiger partial charge is 0.408 e. The quantitative estimate of drug-likeness (QED) is 0.761. The lowest BCUT2D eigenvalue weighted by Gasteiger charge is -2.33. The van der Waals surface area contributed by atoms with E-state index in [4.69, 9.17) is 9.15 Å². The molecule has 2 atom stereocenters. The first kappa shape index (κ1) is 10.1. The summed E-state index contributed by atoms with van der Waals surface area (Å²) in [5.74, 6) is 1.33. The second-order valence-electron chi connectivity index (χ2n) is 4.86. The van der Waals surface area contributed by atoms with Crippen LogP contribution in [0.15, 0.2) is 4.42 Å². The van der Waals surface area contributed by atoms with Gasteiger partial charge in [0.15, 0.2) is 0 Å². The van der Waals surface area contributed by atoms with Gasteiger partial charge in [0.05, 0.1) is 12.2 Å². The Kier molecular flexibility index (Phi) is 2.35. The van der Waals surface area contributed by atoms with Crippen LogP contribution in [0.4, 0.5) is 6.01 Å². The smallest absolute Gasteiger partial charge is 0.318 e. The maximum absolute atomic E-state index is 5.69. The Hall–Kier alpha value is -1.10. The molecule has 2 aliphatic rings. The van der Waals surface area contributed by atoms with Gasteiger partial charge in [-0.1, -0.05) is 5.10 Å². The fourth-order valence-electron chi connectivity index (χ4n) is 2.18. The molecule has 1 saturated heterocycles. The predicted octanol–water partition coefficient (Wildman–Crippen LogP) is 1.56. The minimum absolute atomic E-state index is 0.222. The highest BCUT2D eigenvalue weighted by atomic mass is 16.5. The van der Waals surface area contributed by atoms with E-state index in [1.807, 2.05) is 0 Å². The summed E-state index contributed by atoms with van der Waals surface area (Å²) in [6.07, 6.45) is 2.83. The lowest BCUT2D eigenvalue weighted by Crippen LogP contribution is -2.45. The number of hydrogen-bond donors (Lipinski definition) is 0. The zero-order valence-electron chi connectivity index (χ0n) is 9.72. The van der Waals surface area contributed by atoms with E-state index in [9.17, 15) is 0 Å². The molecule has 1 aliphatic carbocycles. The molecule has 1 aromatic heterocycles. The van der Waals surface area contributed by atoms with Crippen molar-refractivity contribution in [3.63, 3.8) is 0 Å². The normalized spacial score (nSPS) is 30.8. The van der Waals surface area contributed by atoms with Gasteiger partial charge in [0.2, 0.25) is 5.89 Å². The molecule has 0 amide bonds. The molecular weight excluding hydrogens is 206 g/mol. The molecule has 5 heteroatoms. The first-order chi connectivity index (χ1) is 7.72. The summed E-state index contributed by atoms with van der Waals surface area (Å²) in [4.78, 5) is 2.12. The van der Waals surface area contributed by atoms with Gasteiger partial charge < -0.3 is 14.1 Å². The Balaban J connectivity index is 1.74. The zero-order valence-corrected chi connectivity index (χ0v) is 9.72. The summed E-state index contributed by atoms with van der Waals surface area (Å²) < 4.78 is 11.4. The van der Waals surface area contributed by atoms with Crippen LogP contribution in [0.25, 0.3) is 0 Å². The van der Waals surface area contributed by atoms with Crippen molar-refractivity contribution in [3.8, 4) is 0 Å². The minimum Gasteiger partial charge on any atom is -0.408 e. The van der Waals surface area contributed by atoms with Crippen LogP contribution in [0.1, 0.15) is 38.5 Å². The number of morpholine rings is 1. The molecule has 16 heavy (non-hydrogen) atoms. The molecule has 88 valence electrons. The van der Waals surface area contributed by atoms with Crippen LogP contribution >= 0.6 is 0 Å². The summed E-state index contributed by atoms with van der Waals surface area (Å²) in [5.41, 5.74) is 0. The molecule has 1 saturated carbocycles. The summed E-state index contributed by atoms with van der Waals surface area (Å²) in [7, 11) is 0. The van der Waals surface area contributed by atoms with E-state index in [-0.39, 0.29) is 12.2 Å². The zero-order chi connectivity index (χ0) is 11.1. The fourth-order valence-corrected chi connectivity index (χ4v) is 2.18. The van der Waals surface area contributed by atoms with Crippen LogP contribution in [0.2, 0.25) is 0 Å². The van der Waals surface area contributed by atoms with Gasteiger partial charge in [-0.15, -0.1) is 5.10 Å². The molecule has 2 fully saturated rings. The van der Waals surface area contributed by atoms with Gasteiger partial charge in [-0.05, 0) is 26.7 Å². The Morgan fingerprint density at radius 3 is 2.44 bits per heavy atom. The Morgan fingerprint density at radius 1 is 1.12 bits per heavy atom. The van der Waals surface area contributed by atoms with Crippen molar-refractivity contribution < 1.29 is 9.15 Å². The number of ether oxygens (including phenoxy) is 1. The van der Waals surface area contributed by atoms with Crippen molar-refractivity contribution in [2.24, 2.45) is 0 Å². The average Bonchev–Trinajstić information content (AvgIpc) is 2.95. The number of anilines is 1. The van der Waals surface area contributed by atoms with Crippen molar-refractivity contribution in [2.75, 3.05) is 18.0 Å². The van der Waals surface area contributed by atoms with Crippen LogP contribution in [-0.2, 0) is 4.74 Å². The van der Waals surface area contributed by atoms with Gasteiger partial charge >= 0.3 is 6.01 Å². The van der Waals surface area contributed by atoms with Crippen LogP contribution in [-0.4, -0.2) is 35.5 Å². The lowest BCUT2D eigenvalue weighted by atomic mass is 10.2. The predicted molar refractivity (Wildman–Crippen MR) is 58.5 cm³/mol. The number of nitrogens with zero attached hydrogens (tertiary/aromatic N) is 3. The first-order valence-corrected chi connectivity index (χ1v) is 5.96. The van der Waals surface area contributed by atoms with Gasteiger partial charge in [-0.25, -0.2) is 0 Å². The van der Waals surface area contributed by atoms with Crippen LogP contribution in [0.5, 0.6) is 0 Å². The third-order valence-electron chi connectivity index (χ3n) is 3.05. The van der Waals surface area contributed by atoms with E-state index >= 15 is 0 Å². The SMILES string of the molecule is C[C@@H]1CN(c2nnc(C3CC3)o2)C[C@H](C)O1. The van der Waals surface area contributed by atoms with E-state index in [1.54, 1.807) is 0 Å². The van der Waals surface area contributed by atoms with Crippen molar-refractivity contribution in [1.82, 2.24) is 10.2 Å². The number of aromatic nitrogens is 2. The summed E-state index contributed by atoms with van der Waals surface area (Å²) >= 11 is 0. The average molecular weight is 223 g/mol. The number of hydrogen-bond acceptors (Lipinski definition) is 5. The van der Waals surface area contributed by atoms with E-state index in [1.165, 1.54) is 12.8 Å². The molecule has 1 aliphatic heterocycles. The maximum atomic E-state index is 5.69. The van der Waals surface area contributed by atoms with Crippen LogP contribution in [0.3, 0.4) is 0 Å². The topological polar surface area (TPSA) is 51.4 Å². The molecule has 0 bridgehead atoms. The molecule has 0 aromatic carbocycles.